The van der Waals surface area contributed by atoms with Crippen LogP contribution < -0.4 is 9.80 Å². The largest absolute Gasteiger partial charge is 0.353 e. The van der Waals surface area contributed by atoms with Crippen LogP contribution in [-0.4, -0.2) is 55.1 Å². The summed E-state index contributed by atoms with van der Waals surface area (Å²) in [5.74, 6) is 0.858. The third kappa shape index (κ3) is 4.26. The van der Waals surface area contributed by atoms with Crippen molar-refractivity contribution in [2.24, 2.45) is 0 Å². The second kappa shape index (κ2) is 8.65. The number of carbonyl (C=O) groups is 1. The molecule has 2 heterocycles. The van der Waals surface area contributed by atoms with Gasteiger partial charge in [-0.2, -0.15) is 5.26 Å². The van der Waals surface area contributed by atoms with E-state index in [4.69, 9.17) is 0 Å². The van der Waals surface area contributed by atoms with E-state index in [1.807, 2.05) is 43.0 Å². The van der Waals surface area contributed by atoms with E-state index in [0.29, 0.717) is 18.7 Å². The molecule has 0 bridgehead atoms. The number of carbonyl (C=O) groups excluding carboxylic acids is 1. The molecule has 6 heteroatoms. The van der Waals surface area contributed by atoms with Gasteiger partial charge in [-0.15, -0.1) is 0 Å². The van der Waals surface area contributed by atoms with Crippen LogP contribution in [0, 0.1) is 18.3 Å². The maximum absolute atomic E-state index is 12.9. The fourth-order valence-corrected chi connectivity index (χ4v) is 3.48. The minimum Gasteiger partial charge on any atom is -0.353 e. The molecule has 2 aromatic rings. The Kier molecular flexibility index (Phi) is 6.05. The first-order valence-electron chi connectivity index (χ1n) is 9.32. The molecule has 1 aromatic carbocycles. The van der Waals surface area contributed by atoms with Crippen LogP contribution in [0.4, 0.5) is 11.5 Å². The molecule has 0 atom stereocenters. The zero-order valence-corrected chi connectivity index (χ0v) is 15.9. The average molecular weight is 363 g/mol. The molecule has 0 radical (unpaired) electrons. The molecule has 1 fully saturated rings. The van der Waals surface area contributed by atoms with E-state index in [1.165, 1.54) is 0 Å². The Morgan fingerprint density at radius 3 is 2.59 bits per heavy atom. The van der Waals surface area contributed by atoms with E-state index < -0.39 is 0 Å². The fourth-order valence-electron chi connectivity index (χ4n) is 3.48. The third-order valence-corrected chi connectivity index (χ3v) is 4.96. The summed E-state index contributed by atoms with van der Waals surface area (Å²) < 4.78 is 0. The van der Waals surface area contributed by atoms with Crippen molar-refractivity contribution in [1.82, 2.24) is 9.88 Å². The normalized spacial score (nSPS) is 14.6. The molecule has 0 spiro atoms. The molecule has 1 aliphatic rings. The average Bonchev–Trinajstić information content (AvgIpc) is 2.70. The molecule has 1 amide bonds. The van der Waals surface area contributed by atoms with Crippen molar-refractivity contribution >= 4 is 17.4 Å². The number of benzene rings is 1. The van der Waals surface area contributed by atoms with Gasteiger partial charge in [-0.3, -0.25) is 9.69 Å². The molecular weight excluding hydrogens is 338 g/mol. The maximum Gasteiger partial charge on any atom is 0.241 e. The molecular formula is C21H25N5O. The Bertz CT molecular complexity index is 836. The van der Waals surface area contributed by atoms with Gasteiger partial charge in [0.25, 0.3) is 0 Å². The van der Waals surface area contributed by atoms with Crippen LogP contribution in [0.25, 0.3) is 0 Å². The second-order valence-electron chi connectivity index (χ2n) is 6.67. The molecule has 0 unspecified atom stereocenters. The monoisotopic (exact) mass is 363 g/mol. The molecule has 1 saturated heterocycles. The van der Waals surface area contributed by atoms with Crippen molar-refractivity contribution in [2.75, 3.05) is 49.1 Å². The van der Waals surface area contributed by atoms with Crippen LogP contribution in [0.1, 0.15) is 18.1 Å². The predicted molar refractivity (Wildman–Crippen MR) is 107 cm³/mol. The lowest BCUT2D eigenvalue weighted by molar-refractivity contribution is -0.119. The molecule has 1 aromatic heterocycles. The number of rotatable bonds is 5. The lowest BCUT2D eigenvalue weighted by atomic mass is 10.1. The molecule has 0 saturated carbocycles. The van der Waals surface area contributed by atoms with Gasteiger partial charge in [0.2, 0.25) is 5.91 Å². The van der Waals surface area contributed by atoms with Crippen molar-refractivity contribution in [3.63, 3.8) is 0 Å². The number of aromatic nitrogens is 1. The minimum absolute atomic E-state index is 0.121. The summed E-state index contributed by atoms with van der Waals surface area (Å²) in [6.07, 6.45) is 1.72. The summed E-state index contributed by atoms with van der Waals surface area (Å²) in [4.78, 5) is 23.4. The number of nitriles is 1. The van der Waals surface area contributed by atoms with Crippen LogP contribution in [0.2, 0.25) is 0 Å². The van der Waals surface area contributed by atoms with E-state index in [0.717, 1.165) is 43.2 Å². The van der Waals surface area contributed by atoms with E-state index in [1.54, 1.807) is 18.3 Å². The fraction of sp³-hybridized carbons (Fsp3) is 0.381. The van der Waals surface area contributed by atoms with Gasteiger partial charge in [0.15, 0.2) is 0 Å². The topological polar surface area (TPSA) is 63.5 Å². The lowest BCUT2D eigenvalue weighted by Crippen LogP contribution is -2.50. The van der Waals surface area contributed by atoms with E-state index >= 15 is 0 Å². The van der Waals surface area contributed by atoms with Crippen molar-refractivity contribution in [1.29, 1.82) is 5.26 Å². The number of likely N-dealkylation sites (N-methyl/N-ethyl adjacent to an activating group) is 1. The zero-order chi connectivity index (χ0) is 19.2. The first-order valence-corrected chi connectivity index (χ1v) is 9.32. The molecule has 0 aliphatic carbocycles. The predicted octanol–water partition coefficient (Wildman–Crippen LogP) is 2.44. The van der Waals surface area contributed by atoms with Gasteiger partial charge >= 0.3 is 0 Å². The van der Waals surface area contributed by atoms with Crippen molar-refractivity contribution in [3.8, 4) is 6.07 Å². The number of aryl methyl sites for hydroxylation is 1. The Morgan fingerprint density at radius 1 is 1.19 bits per heavy atom. The first kappa shape index (κ1) is 18.9. The number of nitrogens with zero attached hydrogens (tertiary/aromatic N) is 5. The van der Waals surface area contributed by atoms with Crippen molar-refractivity contribution < 1.29 is 4.79 Å². The summed E-state index contributed by atoms with van der Waals surface area (Å²) in [6, 6.07) is 13.8. The minimum atomic E-state index is 0.121. The zero-order valence-electron chi connectivity index (χ0n) is 15.9. The second-order valence-corrected chi connectivity index (χ2v) is 6.67. The molecule has 1 aliphatic heterocycles. The van der Waals surface area contributed by atoms with Gasteiger partial charge in [0, 0.05) is 44.6 Å². The number of hydrogen-bond acceptors (Lipinski definition) is 5. The molecule has 6 nitrogen and oxygen atoms in total. The number of anilines is 2. The molecule has 3 rings (SSSR count). The smallest absolute Gasteiger partial charge is 0.241 e. The van der Waals surface area contributed by atoms with Gasteiger partial charge in [-0.05, 0) is 37.6 Å². The van der Waals surface area contributed by atoms with Crippen molar-refractivity contribution in [3.05, 3.63) is 53.7 Å². The van der Waals surface area contributed by atoms with Crippen LogP contribution in [0.3, 0.4) is 0 Å². The number of piperazine rings is 1. The summed E-state index contributed by atoms with van der Waals surface area (Å²) >= 11 is 0. The number of pyridine rings is 1. The summed E-state index contributed by atoms with van der Waals surface area (Å²) in [5, 5.41) is 9.26. The number of hydrogen-bond donors (Lipinski definition) is 0. The number of para-hydroxylation sites is 1. The quantitative estimate of drug-likeness (QED) is 0.816. The van der Waals surface area contributed by atoms with E-state index in [9.17, 15) is 10.1 Å². The van der Waals surface area contributed by atoms with Gasteiger partial charge in [0.05, 0.1) is 12.1 Å². The molecule has 27 heavy (non-hydrogen) atoms. The Labute approximate surface area is 160 Å². The summed E-state index contributed by atoms with van der Waals surface area (Å²) in [5.41, 5.74) is 2.69. The Balaban J connectivity index is 1.61. The van der Waals surface area contributed by atoms with Gasteiger partial charge in [-0.25, -0.2) is 4.98 Å². The summed E-state index contributed by atoms with van der Waals surface area (Å²) in [7, 11) is 0. The highest BCUT2D eigenvalue weighted by Crippen LogP contribution is 2.21. The van der Waals surface area contributed by atoms with Crippen LogP contribution in [-0.2, 0) is 4.79 Å². The van der Waals surface area contributed by atoms with Crippen LogP contribution in [0.5, 0.6) is 0 Å². The Morgan fingerprint density at radius 2 is 1.93 bits per heavy atom. The van der Waals surface area contributed by atoms with Gasteiger partial charge < -0.3 is 9.80 Å². The van der Waals surface area contributed by atoms with E-state index in [2.05, 4.69) is 20.9 Å². The van der Waals surface area contributed by atoms with Gasteiger partial charge in [0.1, 0.15) is 11.9 Å². The highest BCUT2D eigenvalue weighted by Gasteiger charge is 2.24. The van der Waals surface area contributed by atoms with Gasteiger partial charge in [-0.1, -0.05) is 18.2 Å². The van der Waals surface area contributed by atoms with Crippen LogP contribution in [0.15, 0.2) is 42.6 Å². The molecule has 140 valence electrons. The molecule has 0 N–H and O–H groups in total. The van der Waals surface area contributed by atoms with Crippen LogP contribution >= 0.6 is 0 Å². The summed E-state index contributed by atoms with van der Waals surface area (Å²) in [6.45, 7) is 8.17. The highest BCUT2D eigenvalue weighted by molar-refractivity contribution is 5.95. The lowest BCUT2D eigenvalue weighted by Gasteiger charge is -2.36. The highest BCUT2D eigenvalue weighted by atomic mass is 16.2. The Hall–Kier alpha value is -2.91. The number of amides is 1. The maximum atomic E-state index is 12.9. The standard InChI is InChI=1S/C21H25N5O/c1-3-26(19-9-5-4-7-17(19)2)20(27)16-24-11-13-25(14-12-24)21-18(15-22)8-6-10-23-21/h4-10H,3,11-14,16H2,1-2H3. The first-order chi connectivity index (χ1) is 13.1. The van der Waals surface area contributed by atoms with Crippen molar-refractivity contribution in [2.45, 2.75) is 13.8 Å². The SMILES string of the molecule is CCN(C(=O)CN1CCN(c2ncccc2C#N)CC1)c1ccccc1C. The van der Waals surface area contributed by atoms with E-state index in [-0.39, 0.29) is 5.91 Å². The third-order valence-electron chi connectivity index (χ3n) is 4.96.